The van der Waals surface area contributed by atoms with Gasteiger partial charge in [0.1, 0.15) is 0 Å². The minimum atomic E-state index is 0.382. The molecule has 0 saturated heterocycles. The van der Waals surface area contributed by atoms with Crippen LogP contribution in [0.15, 0.2) is 11.1 Å². The second kappa shape index (κ2) is 3.69. The molecule has 0 bridgehead atoms. The predicted octanol–water partition coefficient (Wildman–Crippen LogP) is 3.29. The molecule has 0 aliphatic heterocycles. The fourth-order valence-corrected chi connectivity index (χ4v) is 3.15. The molecule has 80 valence electrons. The molecule has 1 N–H and O–H groups in total. The predicted molar refractivity (Wildman–Crippen MR) is 59.1 cm³/mol. The smallest absolute Gasteiger partial charge is 0.0462 e. The van der Waals surface area contributed by atoms with Gasteiger partial charge in [-0.2, -0.15) is 0 Å². The summed E-state index contributed by atoms with van der Waals surface area (Å²) in [5.74, 6) is 0.547. The van der Waals surface area contributed by atoms with E-state index in [1.54, 1.807) is 11.1 Å². The van der Waals surface area contributed by atoms with Crippen molar-refractivity contribution in [1.82, 2.24) is 0 Å². The van der Waals surface area contributed by atoms with Crippen LogP contribution < -0.4 is 0 Å². The van der Waals surface area contributed by atoms with Gasteiger partial charge in [0.25, 0.3) is 0 Å². The molecule has 0 amide bonds. The van der Waals surface area contributed by atoms with Crippen molar-refractivity contribution in [1.29, 1.82) is 0 Å². The van der Waals surface area contributed by atoms with E-state index in [1.165, 1.54) is 38.5 Å². The zero-order valence-electron chi connectivity index (χ0n) is 9.47. The number of aliphatic hydroxyl groups excluding tert-OH is 1. The fourth-order valence-electron chi connectivity index (χ4n) is 3.15. The Kier molecular flexibility index (Phi) is 2.70. The van der Waals surface area contributed by atoms with Crippen LogP contribution in [0, 0.1) is 11.3 Å². The number of hydrogen-bond acceptors (Lipinski definition) is 1. The third kappa shape index (κ3) is 1.75. The van der Waals surface area contributed by atoms with Gasteiger partial charge in [-0.1, -0.05) is 25.0 Å². The minimum absolute atomic E-state index is 0.382. The Morgan fingerprint density at radius 3 is 2.86 bits per heavy atom. The van der Waals surface area contributed by atoms with E-state index in [0.29, 0.717) is 17.9 Å². The Hall–Kier alpha value is -0.300. The molecular formula is C13H22O. The van der Waals surface area contributed by atoms with Crippen LogP contribution in [-0.2, 0) is 0 Å². The maximum atomic E-state index is 9.23. The first-order chi connectivity index (χ1) is 6.63. The molecule has 1 unspecified atom stereocenters. The van der Waals surface area contributed by atoms with Gasteiger partial charge in [0.2, 0.25) is 0 Å². The molecule has 2 rings (SSSR count). The van der Waals surface area contributed by atoms with Crippen molar-refractivity contribution < 1.29 is 5.11 Å². The Labute approximate surface area is 87.2 Å². The van der Waals surface area contributed by atoms with Crippen molar-refractivity contribution in [2.45, 2.75) is 52.4 Å². The molecule has 0 heterocycles. The topological polar surface area (TPSA) is 20.2 Å². The highest BCUT2D eigenvalue weighted by Gasteiger charge is 2.33. The van der Waals surface area contributed by atoms with Crippen molar-refractivity contribution in [3.05, 3.63) is 11.1 Å². The highest BCUT2D eigenvalue weighted by atomic mass is 16.3. The summed E-state index contributed by atoms with van der Waals surface area (Å²) in [7, 11) is 0. The molecule has 14 heavy (non-hydrogen) atoms. The molecule has 0 fully saturated rings. The van der Waals surface area contributed by atoms with Crippen LogP contribution in [0.4, 0.5) is 0 Å². The molecule has 0 aromatic rings. The van der Waals surface area contributed by atoms with Gasteiger partial charge in [-0.3, -0.25) is 0 Å². The molecule has 2 aliphatic rings. The Bertz CT molecular complexity index is 250. The SMILES string of the molecule is CC1(C)CCCC2=C1CC(CO)CC2. The fraction of sp³-hybridized carbons (Fsp3) is 0.846. The molecule has 0 spiro atoms. The van der Waals surface area contributed by atoms with Gasteiger partial charge in [-0.05, 0) is 49.9 Å². The summed E-state index contributed by atoms with van der Waals surface area (Å²) in [5, 5.41) is 9.23. The van der Waals surface area contributed by atoms with Crippen LogP contribution in [0.5, 0.6) is 0 Å². The molecule has 0 radical (unpaired) electrons. The second-order valence-corrected chi connectivity index (χ2v) is 5.61. The second-order valence-electron chi connectivity index (χ2n) is 5.61. The summed E-state index contributed by atoms with van der Waals surface area (Å²) in [5.41, 5.74) is 3.83. The molecule has 0 saturated carbocycles. The van der Waals surface area contributed by atoms with Crippen LogP contribution >= 0.6 is 0 Å². The summed E-state index contributed by atoms with van der Waals surface area (Å²) >= 11 is 0. The third-order valence-corrected chi connectivity index (χ3v) is 4.13. The van der Waals surface area contributed by atoms with Crippen LogP contribution in [0.3, 0.4) is 0 Å². The average molecular weight is 194 g/mol. The van der Waals surface area contributed by atoms with Gasteiger partial charge in [-0.25, -0.2) is 0 Å². The molecule has 1 atom stereocenters. The molecule has 0 aromatic carbocycles. The monoisotopic (exact) mass is 194 g/mol. The largest absolute Gasteiger partial charge is 0.396 e. The number of hydrogen-bond donors (Lipinski definition) is 1. The lowest BCUT2D eigenvalue weighted by atomic mass is 9.66. The van der Waals surface area contributed by atoms with Gasteiger partial charge < -0.3 is 5.11 Å². The Morgan fingerprint density at radius 1 is 1.36 bits per heavy atom. The van der Waals surface area contributed by atoms with Crippen molar-refractivity contribution >= 4 is 0 Å². The normalized spacial score (nSPS) is 31.5. The first-order valence-corrected chi connectivity index (χ1v) is 5.96. The average Bonchev–Trinajstić information content (AvgIpc) is 2.17. The van der Waals surface area contributed by atoms with Gasteiger partial charge in [0, 0.05) is 6.61 Å². The molecule has 1 heteroatoms. The van der Waals surface area contributed by atoms with E-state index in [9.17, 15) is 5.11 Å². The third-order valence-electron chi connectivity index (χ3n) is 4.13. The maximum absolute atomic E-state index is 9.23. The quantitative estimate of drug-likeness (QED) is 0.635. The van der Waals surface area contributed by atoms with Gasteiger partial charge in [0.15, 0.2) is 0 Å². The van der Waals surface area contributed by atoms with Crippen LogP contribution in [0.1, 0.15) is 52.4 Å². The molecule has 1 nitrogen and oxygen atoms in total. The van der Waals surface area contributed by atoms with Gasteiger partial charge in [-0.15, -0.1) is 0 Å². The van der Waals surface area contributed by atoms with Crippen molar-refractivity contribution in [2.75, 3.05) is 6.61 Å². The standard InChI is InChI=1S/C13H22O/c1-13(2)7-3-4-11-6-5-10(9-14)8-12(11)13/h10,14H,3-9H2,1-2H3. The van der Waals surface area contributed by atoms with Crippen molar-refractivity contribution in [3.63, 3.8) is 0 Å². The first-order valence-electron chi connectivity index (χ1n) is 5.96. The lowest BCUT2D eigenvalue weighted by Crippen LogP contribution is -2.27. The zero-order valence-corrected chi connectivity index (χ0v) is 9.47. The van der Waals surface area contributed by atoms with Crippen LogP contribution in [-0.4, -0.2) is 11.7 Å². The zero-order chi connectivity index (χ0) is 10.2. The summed E-state index contributed by atoms with van der Waals surface area (Å²) in [4.78, 5) is 0. The Balaban J connectivity index is 2.22. The van der Waals surface area contributed by atoms with E-state index in [4.69, 9.17) is 0 Å². The van der Waals surface area contributed by atoms with E-state index in [2.05, 4.69) is 13.8 Å². The van der Waals surface area contributed by atoms with E-state index < -0.39 is 0 Å². The van der Waals surface area contributed by atoms with E-state index >= 15 is 0 Å². The van der Waals surface area contributed by atoms with Crippen LogP contribution in [0.25, 0.3) is 0 Å². The number of allylic oxidation sites excluding steroid dienone is 2. The summed E-state index contributed by atoms with van der Waals surface area (Å²) < 4.78 is 0. The summed E-state index contributed by atoms with van der Waals surface area (Å²) in [6.45, 7) is 5.13. The van der Waals surface area contributed by atoms with E-state index in [-0.39, 0.29) is 0 Å². The number of rotatable bonds is 1. The Morgan fingerprint density at radius 2 is 2.14 bits per heavy atom. The van der Waals surface area contributed by atoms with Crippen LogP contribution in [0.2, 0.25) is 0 Å². The van der Waals surface area contributed by atoms with E-state index in [0.717, 1.165) is 0 Å². The lowest BCUT2D eigenvalue weighted by molar-refractivity contribution is 0.196. The molecule has 2 aliphatic carbocycles. The van der Waals surface area contributed by atoms with Crippen molar-refractivity contribution in [3.8, 4) is 0 Å². The van der Waals surface area contributed by atoms with E-state index in [1.807, 2.05) is 0 Å². The maximum Gasteiger partial charge on any atom is 0.0462 e. The van der Waals surface area contributed by atoms with Gasteiger partial charge >= 0.3 is 0 Å². The summed E-state index contributed by atoms with van der Waals surface area (Å²) in [6, 6.07) is 0. The first kappa shape index (κ1) is 10.2. The highest BCUT2D eigenvalue weighted by molar-refractivity contribution is 5.26. The van der Waals surface area contributed by atoms with Crippen molar-refractivity contribution in [2.24, 2.45) is 11.3 Å². The number of aliphatic hydroxyl groups is 1. The molecule has 0 aromatic heterocycles. The molecular weight excluding hydrogens is 172 g/mol. The van der Waals surface area contributed by atoms with Gasteiger partial charge in [0.05, 0.1) is 0 Å². The summed E-state index contributed by atoms with van der Waals surface area (Å²) in [6.07, 6.45) is 7.67. The minimum Gasteiger partial charge on any atom is -0.396 e. The highest BCUT2D eigenvalue weighted by Crippen LogP contribution is 2.47. The lowest BCUT2D eigenvalue weighted by Gasteiger charge is -2.40.